The predicted molar refractivity (Wildman–Crippen MR) is 70.1 cm³/mol. The molecule has 1 aromatic carbocycles. The van der Waals surface area contributed by atoms with Gasteiger partial charge < -0.3 is 4.90 Å². The molecule has 2 aromatic rings. The summed E-state index contributed by atoms with van der Waals surface area (Å²) in [5.41, 5.74) is 1.64. The zero-order valence-electron chi connectivity index (χ0n) is 10.8. The molecule has 0 aliphatic heterocycles. The van der Waals surface area contributed by atoms with Crippen LogP contribution >= 0.6 is 0 Å². The lowest BCUT2D eigenvalue weighted by molar-refractivity contribution is 0.0707. The molecule has 5 nitrogen and oxygen atoms in total. The number of carbonyl (C=O) groups excluding carboxylic acids is 1. The van der Waals surface area contributed by atoms with E-state index in [0.717, 1.165) is 5.56 Å². The van der Waals surface area contributed by atoms with E-state index in [0.29, 0.717) is 5.56 Å². The van der Waals surface area contributed by atoms with Crippen LogP contribution in [0.3, 0.4) is 0 Å². The number of benzene rings is 1. The third kappa shape index (κ3) is 2.63. The number of amides is 1. The predicted octanol–water partition coefficient (Wildman–Crippen LogP) is 1.99. The van der Waals surface area contributed by atoms with E-state index in [1.54, 1.807) is 37.6 Å². The molecule has 0 N–H and O–H groups in total. The summed E-state index contributed by atoms with van der Waals surface area (Å²) in [6.07, 6.45) is 2.49. The SMILES string of the molecule is Cc1ccc(C(=O)N(C)C(C#N)n2cccn2)cc1. The normalized spacial score (nSPS) is 11.6. The van der Waals surface area contributed by atoms with E-state index in [-0.39, 0.29) is 5.91 Å². The molecule has 1 unspecified atom stereocenters. The Morgan fingerprint density at radius 2 is 2.11 bits per heavy atom. The average molecular weight is 254 g/mol. The number of nitriles is 1. The molecule has 1 amide bonds. The first kappa shape index (κ1) is 12.8. The maximum Gasteiger partial charge on any atom is 0.256 e. The Kier molecular flexibility index (Phi) is 3.62. The number of nitrogens with zero attached hydrogens (tertiary/aromatic N) is 4. The van der Waals surface area contributed by atoms with Gasteiger partial charge in [0.05, 0.1) is 0 Å². The van der Waals surface area contributed by atoms with Crippen molar-refractivity contribution in [2.45, 2.75) is 13.1 Å². The minimum atomic E-state index is -0.746. The molecule has 0 saturated heterocycles. The van der Waals surface area contributed by atoms with E-state index < -0.39 is 6.17 Å². The molecule has 2 rings (SSSR count). The topological polar surface area (TPSA) is 61.9 Å². The molecule has 0 radical (unpaired) electrons. The highest BCUT2D eigenvalue weighted by atomic mass is 16.2. The maximum absolute atomic E-state index is 12.3. The van der Waals surface area contributed by atoms with Crippen molar-refractivity contribution in [3.63, 3.8) is 0 Å². The summed E-state index contributed by atoms with van der Waals surface area (Å²) in [4.78, 5) is 13.7. The van der Waals surface area contributed by atoms with Gasteiger partial charge in [0.15, 0.2) is 0 Å². The zero-order chi connectivity index (χ0) is 13.8. The van der Waals surface area contributed by atoms with E-state index in [4.69, 9.17) is 0 Å². The second-order valence-electron chi connectivity index (χ2n) is 4.27. The van der Waals surface area contributed by atoms with Gasteiger partial charge >= 0.3 is 0 Å². The third-order valence-electron chi connectivity index (χ3n) is 2.88. The van der Waals surface area contributed by atoms with Crippen LogP contribution < -0.4 is 0 Å². The number of rotatable bonds is 3. The van der Waals surface area contributed by atoms with Crippen molar-refractivity contribution < 1.29 is 4.79 Å². The molecule has 0 aliphatic carbocycles. The summed E-state index contributed by atoms with van der Waals surface area (Å²) >= 11 is 0. The Bertz CT molecular complexity index is 595. The van der Waals surface area contributed by atoms with E-state index in [9.17, 15) is 10.1 Å². The molecule has 1 heterocycles. The average Bonchev–Trinajstić information content (AvgIpc) is 2.93. The fourth-order valence-electron chi connectivity index (χ4n) is 1.76. The smallest absolute Gasteiger partial charge is 0.256 e. The Balaban J connectivity index is 2.23. The van der Waals surface area contributed by atoms with Crippen LogP contribution in [-0.4, -0.2) is 27.6 Å². The molecule has 0 fully saturated rings. The molecule has 0 saturated carbocycles. The molecule has 0 bridgehead atoms. The van der Waals surface area contributed by atoms with Crippen LogP contribution in [0.15, 0.2) is 42.7 Å². The number of aromatic nitrogens is 2. The van der Waals surface area contributed by atoms with Crippen LogP contribution in [0.1, 0.15) is 22.1 Å². The van der Waals surface area contributed by atoms with Crippen molar-refractivity contribution in [3.8, 4) is 6.07 Å². The molecule has 1 atom stereocenters. The minimum absolute atomic E-state index is 0.206. The maximum atomic E-state index is 12.3. The zero-order valence-corrected chi connectivity index (χ0v) is 10.8. The van der Waals surface area contributed by atoms with Crippen LogP contribution in [0.4, 0.5) is 0 Å². The van der Waals surface area contributed by atoms with E-state index >= 15 is 0 Å². The standard InChI is InChI=1S/C14H14N4O/c1-11-4-6-12(7-5-11)14(19)17(2)13(10-15)18-9-3-8-16-18/h3-9,13H,1-2H3. The summed E-state index contributed by atoms with van der Waals surface area (Å²) in [6.45, 7) is 1.96. The van der Waals surface area contributed by atoms with E-state index in [1.165, 1.54) is 9.58 Å². The molecule has 5 heteroatoms. The Labute approximate surface area is 111 Å². The Morgan fingerprint density at radius 3 is 2.63 bits per heavy atom. The van der Waals surface area contributed by atoms with Crippen molar-refractivity contribution in [2.75, 3.05) is 7.05 Å². The Hall–Kier alpha value is -2.61. The summed E-state index contributed by atoms with van der Waals surface area (Å²) in [5, 5.41) is 13.2. The number of aryl methyl sites for hydroxylation is 1. The lowest BCUT2D eigenvalue weighted by Gasteiger charge is -2.22. The second kappa shape index (κ2) is 5.36. The van der Waals surface area contributed by atoms with Crippen LogP contribution in [-0.2, 0) is 0 Å². The van der Waals surface area contributed by atoms with Gasteiger partial charge in [-0.2, -0.15) is 10.4 Å². The Morgan fingerprint density at radius 1 is 1.42 bits per heavy atom. The van der Waals surface area contributed by atoms with Gasteiger partial charge in [-0.25, -0.2) is 4.68 Å². The van der Waals surface area contributed by atoms with Gasteiger partial charge in [-0.3, -0.25) is 4.79 Å². The number of hydrogen-bond acceptors (Lipinski definition) is 3. The van der Waals surface area contributed by atoms with Crippen molar-refractivity contribution in [2.24, 2.45) is 0 Å². The number of hydrogen-bond donors (Lipinski definition) is 0. The fourth-order valence-corrected chi connectivity index (χ4v) is 1.76. The highest BCUT2D eigenvalue weighted by Crippen LogP contribution is 2.14. The van der Waals surface area contributed by atoms with Crippen molar-refractivity contribution >= 4 is 5.91 Å². The van der Waals surface area contributed by atoms with Gasteiger partial charge in [-0.15, -0.1) is 0 Å². The van der Waals surface area contributed by atoms with E-state index in [2.05, 4.69) is 11.2 Å². The molecular weight excluding hydrogens is 240 g/mol. The molecule has 96 valence electrons. The van der Waals surface area contributed by atoms with Crippen LogP contribution in [0, 0.1) is 18.3 Å². The van der Waals surface area contributed by atoms with Gasteiger partial charge in [-0.05, 0) is 25.1 Å². The first-order chi connectivity index (χ1) is 9.13. The lowest BCUT2D eigenvalue weighted by Crippen LogP contribution is -2.34. The van der Waals surface area contributed by atoms with Gasteiger partial charge in [-0.1, -0.05) is 17.7 Å². The summed E-state index contributed by atoms with van der Waals surface area (Å²) in [5.74, 6) is -0.206. The summed E-state index contributed by atoms with van der Waals surface area (Å²) < 4.78 is 1.45. The fraction of sp³-hybridized carbons (Fsp3) is 0.214. The van der Waals surface area contributed by atoms with Crippen molar-refractivity contribution in [1.82, 2.24) is 14.7 Å². The van der Waals surface area contributed by atoms with Crippen molar-refractivity contribution in [1.29, 1.82) is 5.26 Å². The van der Waals surface area contributed by atoms with Crippen LogP contribution in [0.25, 0.3) is 0 Å². The first-order valence-electron chi connectivity index (χ1n) is 5.86. The third-order valence-corrected chi connectivity index (χ3v) is 2.88. The molecule has 19 heavy (non-hydrogen) atoms. The highest BCUT2D eigenvalue weighted by Gasteiger charge is 2.22. The molecular formula is C14H14N4O. The second-order valence-corrected chi connectivity index (χ2v) is 4.27. The molecule has 0 spiro atoms. The number of carbonyl (C=O) groups is 1. The quantitative estimate of drug-likeness (QED) is 0.841. The van der Waals surface area contributed by atoms with Crippen molar-refractivity contribution in [3.05, 3.63) is 53.9 Å². The van der Waals surface area contributed by atoms with Gasteiger partial charge in [0, 0.05) is 25.0 Å². The lowest BCUT2D eigenvalue weighted by atomic mass is 10.1. The summed E-state index contributed by atoms with van der Waals surface area (Å²) in [6, 6.07) is 11.0. The minimum Gasteiger partial charge on any atom is -0.307 e. The first-order valence-corrected chi connectivity index (χ1v) is 5.86. The largest absolute Gasteiger partial charge is 0.307 e. The molecule has 0 aliphatic rings. The van der Waals surface area contributed by atoms with E-state index in [1.807, 2.05) is 19.1 Å². The summed E-state index contributed by atoms with van der Waals surface area (Å²) in [7, 11) is 1.59. The van der Waals surface area contributed by atoms with Gasteiger partial charge in [0.1, 0.15) is 6.07 Å². The van der Waals surface area contributed by atoms with Gasteiger partial charge in [0.25, 0.3) is 5.91 Å². The monoisotopic (exact) mass is 254 g/mol. The van der Waals surface area contributed by atoms with Gasteiger partial charge in [0.2, 0.25) is 6.17 Å². The van der Waals surface area contributed by atoms with Crippen LogP contribution in [0.2, 0.25) is 0 Å². The highest BCUT2D eigenvalue weighted by molar-refractivity contribution is 5.94. The van der Waals surface area contributed by atoms with Crippen LogP contribution in [0.5, 0.6) is 0 Å². The molecule has 1 aromatic heterocycles.